The van der Waals surface area contributed by atoms with Crippen molar-refractivity contribution in [3.05, 3.63) is 60.1 Å². The van der Waals surface area contributed by atoms with Gasteiger partial charge in [-0.1, -0.05) is 49.6 Å². The van der Waals surface area contributed by atoms with E-state index >= 15 is 0 Å². The molecule has 1 aliphatic carbocycles. The second-order valence-corrected chi connectivity index (χ2v) is 5.82. The van der Waals surface area contributed by atoms with Crippen molar-refractivity contribution < 1.29 is 4.42 Å². The molecule has 0 saturated heterocycles. The van der Waals surface area contributed by atoms with Gasteiger partial charge < -0.3 is 9.73 Å². The molecule has 2 nitrogen and oxygen atoms in total. The zero-order chi connectivity index (χ0) is 13.8. The first-order valence-electron chi connectivity index (χ1n) is 7.63. The van der Waals surface area contributed by atoms with Crippen LogP contribution in [0.5, 0.6) is 0 Å². The van der Waals surface area contributed by atoms with E-state index in [1.165, 1.54) is 37.7 Å². The molecule has 2 aromatic rings. The number of rotatable bonds is 4. The van der Waals surface area contributed by atoms with Crippen molar-refractivity contribution in [3.63, 3.8) is 0 Å². The van der Waals surface area contributed by atoms with Crippen LogP contribution in [0.15, 0.2) is 53.1 Å². The Morgan fingerprint density at radius 1 is 1.00 bits per heavy atom. The smallest absolute Gasteiger partial charge is 0.121 e. The summed E-state index contributed by atoms with van der Waals surface area (Å²) in [5.41, 5.74) is 1.60. The Hall–Kier alpha value is -1.54. The summed E-state index contributed by atoms with van der Waals surface area (Å²) in [6.45, 7) is 0. The molecule has 0 amide bonds. The summed E-state index contributed by atoms with van der Waals surface area (Å²) in [4.78, 5) is 0. The van der Waals surface area contributed by atoms with Crippen LogP contribution in [0.4, 0.5) is 0 Å². The van der Waals surface area contributed by atoms with Crippen LogP contribution in [0.25, 0.3) is 0 Å². The molecule has 3 rings (SSSR count). The Labute approximate surface area is 121 Å². The lowest BCUT2D eigenvalue weighted by molar-refractivity contribution is 0.200. The van der Waals surface area contributed by atoms with Crippen molar-refractivity contribution in [2.45, 2.75) is 43.6 Å². The maximum absolute atomic E-state index is 5.72. The van der Waals surface area contributed by atoms with E-state index in [-0.39, 0.29) is 11.5 Å². The molecule has 0 aliphatic heterocycles. The van der Waals surface area contributed by atoms with Crippen LogP contribution in [0.1, 0.15) is 49.5 Å². The number of hydrogen-bond acceptors (Lipinski definition) is 2. The molecule has 106 valence electrons. The largest absolute Gasteiger partial charge is 0.468 e. The van der Waals surface area contributed by atoms with E-state index in [4.69, 9.17) is 4.42 Å². The lowest BCUT2D eigenvalue weighted by atomic mass is 9.64. The molecule has 1 unspecified atom stereocenters. The third-order valence-electron chi connectivity index (χ3n) is 4.76. The van der Waals surface area contributed by atoms with Crippen molar-refractivity contribution in [2.75, 3.05) is 7.05 Å². The van der Waals surface area contributed by atoms with Crippen LogP contribution in [0, 0.1) is 0 Å². The zero-order valence-corrected chi connectivity index (χ0v) is 12.1. The van der Waals surface area contributed by atoms with Gasteiger partial charge >= 0.3 is 0 Å². The lowest BCUT2D eigenvalue weighted by Gasteiger charge is -2.43. The van der Waals surface area contributed by atoms with Gasteiger partial charge in [-0.2, -0.15) is 0 Å². The normalized spacial score (nSPS) is 19.6. The van der Waals surface area contributed by atoms with E-state index in [1.54, 1.807) is 6.26 Å². The van der Waals surface area contributed by atoms with Crippen molar-refractivity contribution in [1.29, 1.82) is 0 Å². The van der Waals surface area contributed by atoms with Crippen LogP contribution in [-0.2, 0) is 5.41 Å². The molecule has 0 radical (unpaired) electrons. The molecule has 1 aromatic heterocycles. The van der Waals surface area contributed by atoms with Crippen molar-refractivity contribution >= 4 is 0 Å². The highest BCUT2D eigenvalue weighted by atomic mass is 16.3. The van der Waals surface area contributed by atoms with Gasteiger partial charge in [0.25, 0.3) is 0 Å². The van der Waals surface area contributed by atoms with Crippen molar-refractivity contribution in [3.8, 4) is 0 Å². The summed E-state index contributed by atoms with van der Waals surface area (Å²) < 4.78 is 5.72. The average molecular weight is 269 g/mol. The first-order chi connectivity index (χ1) is 9.87. The SMILES string of the molecule is CNC(c1ccco1)C1(c2ccccc2)CCCCC1. The van der Waals surface area contributed by atoms with E-state index in [9.17, 15) is 0 Å². The van der Waals surface area contributed by atoms with Gasteiger partial charge in [-0.15, -0.1) is 0 Å². The fourth-order valence-corrected chi connectivity index (χ4v) is 3.84. The Kier molecular flexibility index (Phi) is 3.93. The molecule has 1 aliphatic rings. The summed E-state index contributed by atoms with van der Waals surface area (Å²) in [5, 5.41) is 3.52. The molecule has 1 aromatic carbocycles. The van der Waals surface area contributed by atoms with Gasteiger partial charge in [-0.3, -0.25) is 0 Å². The summed E-state index contributed by atoms with van der Waals surface area (Å²) in [6.07, 6.45) is 8.18. The number of likely N-dealkylation sites (N-methyl/N-ethyl adjacent to an activating group) is 1. The third kappa shape index (κ3) is 2.29. The molecule has 1 atom stereocenters. The van der Waals surface area contributed by atoms with Gasteiger partial charge in [0.15, 0.2) is 0 Å². The number of furan rings is 1. The minimum Gasteiger partial charge on any atom is -0.468 e. The van der Waals surface area contributed by atoms with E-state index in [2.05, 4.69) is 41.7 Å². The van der Waals surface area contributed by atoms with Gasteiger partial charge in [0.05, 0.1) is 12.3 Å². The molecule has 1 fully saturated rings. The average Bonchev–Trinajstić information content (AvgIpc) is 3.04. The third-order valence-corrected chi connectivity index (χ3v) is 4.76. The highest BCUT2D eigenvalue weighted by Crippen LogP contribution is 2.48. The Balaban J connectivity index is 2.05. The quantitative estimate of drug-likeness (QED) is 0.887. The van der Waals surface area contributed by atoms with E-state index < -0.39 is 0 Å². The van der Waals surface area contributed by atoms with Gasteiger partial charge in [0, 0.05) is 5.41 Å². The monoisotopic (exact) mass is 269 g/mol. The van der Waals surface area contributed by atoms with Gasteiger partial charge in [0.2, 0.25) is 0 Å². The molecular formula is C18H23NO. The predicted octanol–water partition coefficient (Wildman–Crippen LogP) is 4.44. The van der Waals surface area contributed by atoms with E-state index in [0.29, 0.717) is 0 Å². The molecule has 0 spiro atoms. The first kappa shape index (κ1) is 13.4. The molecule has 1 heterocycles. The maximum atomic E-state index is 5.72. The van der Waals surface area contributed by atoms with Gasteiger partial charge in [-0.05, 0) is 37.6 Å². The van der Waals surface area contributed by atoms with Crippen LogP contribution in [0.3, 0.4) is 0 Å². The Bertz CT molecular complexity index is 512. The molecule has 1 saturated carbocycles. The Morgan fingerprint density at radius 2 is 1.75 bits per heavy atom. The van der Waals surface area contributed by atoms with Crippen LogP contribution in [-0.4, -0.2) is 7.05 Å². The van der Waals surface area contributed by atoms with Crippen molar-refractivity contribution in [1.82, 2.24) is 5.32 Å². The fraction of sp³-hybridized carbons (Fsp3) is 0.444. The first-order valence-corrected chi connectivity index (χ1v) is 7.63. The second kappa shape index (κ2) is 5.84. The highest BCUT2D eigenvalue weighted by Gasteiger charge is 2.42. The maximum Gasteiger partial charge on any atom is 0.121 e. The van der Waals surface area contributed by atoms with E-state index in [0.717, 1.165) is 5.76 Å². The molecule has 2 heteroatoms. The molecule has 20 heavy (non-hydrogen) atoms. The minimum absolute atomic E-state index is 0.159. The van der Waals surface area contributed by atoms with E-state index in [1.807, 2.05) is 13.1 Å². The predicted molar refractivity (Wildman–Crippen MR) is 81.7 cm³/mol. The number of nitrogens with one attached hydrogen (secondary N) is 1. The fourth-order valence-electron chi connectivity index (χ4n) is 3.84. The van der Waals surface area contributed by atoms with Crippen molar-refractivity contribution in [2.24, 2.45) is 0 Å². The number of benzene rings is 1. The number of hydrogen-bond donors (Lipinski definition) is 1. The van der Waals surface area contributed by atoms with Crippen LogP contribution in [0.2, 0.25) is 0 Å². The van der Waals surface area contributed by atoms with Crippen LogP contribution < -0.4 is 5.32 Å². The summed E-state index contributed by atoms with van der Waals surface area (Å²) >= 11 is 0. The van der Waals surface area contributed by atoms with Gasteiger partial charge in [-0.25, -0.2) is 0 Å². The standard InChI is InChI=1S/C18H23NO/c1-19-17(16-11-8-14-20-16)18(12-6-3-7-13-18)15-9-4-2-5-10-15/h2,4-5,8-11,14,17,19H,3,6-7,12-13H2,1H3. The van der Waals surface area contributed by atoms with Gasteiger partial charge in [0.1, 0.15) is 5.76 Å². The zero-order valence-electron chi connectivity index (χ0n) is 12.1. The summed E-state index contributed by atoms with van der Waals surface area (Å²) in [5.74, 6) is 1.05. The molecule has 1 N–H and O–H groups in total. The van der Waals surface area contributed by atoms with Crippen LogP contribution >= 0.6 is 0 Å². The Morgan fingerprint density at radius 3 is 2.35 bits per heavy atom. The summed E-state index contributed by atoms with van der Waals surface area (Å²) in [7, 11) is 2.05. The highest BCUT2D eigenvalue weighted by molar-refractivity contribution is 5.31. The minimum atomic E-state index is 0.159. The summed E-state index contributed by atoms with van der Waals surface area (Å²) in [6, 6.07) is 15.3. The molecular weight excluding hydrogens is 246 g/mol. The second-order valence-electron chi connectivity index (χ2n) is 5.82. The topological polar surface area (TPSA) is 25.2 Å². The molecule has 0 bridgehead atoms. The lowest BCUT2D eigenvalue weighted by Crippen LogP contribution is -2.41.